The first-order valence-corrected chi connectivity index (χ1v) is 8.00. The molecule has 1 rings (SSSR count). The standard InChI is InChI=1S/C18H32N2O/c1-15-9-10-17(20(5)11-7-6-8-12-21)16(13-15)14-19-18(2,3)4/h9-10,13,19,21H,6-8,11-12,14H2,1-5H3. The van der Waals surface area contributed by atoms with Crippen molar-refractivity contribution in [3.63, 3.8) is 0 Å². The van der Waals surface area contributed by atoms with Gasteiger partial charge in [0.05, 0.1) is 0 Å². The highest BCUT2D eigenvalue weighted by molar-refractivity contribution is 5.54. The molecule has 3 nitrogen and oxygen atoms in total. The summed E-state index contributed by atoms with van der Waals surface area (Å²) in [7, 11) is 2.16. The molecule has 0 unspecified atom stereocenters. The normalized spacial score (nSPS) is 11.7. The van der Waals surface area contributed by atoms with Gasteiger partial charge in [-0.05, 0) is 58.6 Å². The monoisotopic (exact) mass is 292 g/mol. The number of benzene rings is 1. The van der Waals surface area contributed by atoms with Gasteiger partial charge in [0.1, 0.15) is 0 Å². The molecule has 0 aliphatic carbocycles. The summed E-state index contributed by atoms with van der Waals surface area (Å²) in [4.78, 5) is 2.33. The minimum absolute atomic E-state index is 0.126. The first-order valence-electron chi connectivity index (χ1n) is 8.00. The minimum Gasteiger partial charge on any atom is -0.396 e. The largest absolute Gasteiger partial charge is 0.396 e. The quantitative estimate of drug-likeness (QED) is 0.720. The highest BCUT2D eigenvalue weighted by Gasteiger charge is 2.12. The molecule has 0 spiro atoms. The van der Waals surface area contributed by atoms with Crippen LogP contribution in [0.4, 0.5) is 5.69 Å². The summed E-state index contributed by atoms with van der Waals surface area (Å²) in [6.07, 6.45) is 3.11. The lowest BCUT2D eigenvalue weighted by molar-refractivity contribution is 0.283. The summed E-state index contributed by atoms with van der Waals surface area (Å²) in [5.74, 6) is 0. The number of hydrogen-bond acceptors (Lipinski definition) is 3. The number of nitrogens with zero attached hydrogens (tertiary/aromatic N) is 1. The van der Waals surface area contributed by atoms with Crippen LogP contribution in [-0.2, 0) is 6.54 Å². The van der Waals surface area contributed by atoms with E-state index in [1.807, 2.05) is 0 Å². The van der Waals surface area contributed by atoms with Crippen molar-refractivity contribution >= 4 is 5.69 Å². The zero-order valence-corrected chi connectivity index (χ0v) is 14.4. The summed E-state index contributed by atoms with van der Waals surface area (Å²) in [5, 5.41) is 12.4. The molecule has 0 aliphatic rings. The van der Waals surface area contributed by atoms with Crippen molar-refractivity contribution in [2.24, 2.45) is 0 Å². The Balaban J connectivity index is 2.71. The van der Waals surface area contributed by atoms with Crippen LogP contribution in [0.1, 0.15) is 51.2 Å². The molecule has 0 atom stereocenters. The zero-order valence-electron chi connectivity index (χ0n) is 14.4. The van der Waals surface area contributed by atoms with Crippen molar-refractivity contribution in [3.8, 4) is 0 Å². The van der Waals surface area contributed by atoms with Crippen molar-refractivity contribution in [2.45, 2.75) is 59.0 Å². The first kappa shape index (κ1) is 18.0. The molecule has 0 bridgehead atoms. The number of anilines is 1. The van der Waals surface area contributed by atoms with Crippen LogP contribution in [0.5, 0.6) is 0 Å². The Morgan fingerprint density at radius 3 is 2.48 bits per heavy atom. The van der Waals surface area contributed by atoms with E-state index >= 15 is 0 Å². The number of aliphatic hydroxyl groups is 1. The fraction of sp³-hybridized carbons (Fsp3) is 0.667. The molecule has 0 heterocycles. The summed E-state index contributed by atoms with van der Waals surface area (Å²) in [6.45, 7) is 11.0. The third kappa shape index (κ3) is 6.96. The second kappa shape index (κ2) is 8.40. The van der Waals surface area contributed by atoms with Gasteiger partial charge in [0.15, 0.2) is 0 Å². The van der Waals surface area contributed by atoms with Crippen LogP contribution in [0, 0.1) is 6.92 Å². The Bertz CT molecular complexity index is 424. The van der Waals surface area contributed by atoms with E-state index in [2.05, 4.69) is 63.2 Å². The molecule has 3 heteroatoms. The number of unbranched alkanes of at least 4 members (excludes halogenated alkanes) is 2. The fourth-order valence-corrected chi connectivity index (χ4v) is 2.35. The molecule has 0 fully saturated rings. The maximum Gasteiger partial charge on any atom is 0.0431 e. The average Bonchev–Trinajstić information content (AvgIpc) is 2.40. The van der Waals surface area contributed by atoms with E-state index in [9.17, 15) is 0 Å². The topological polar surface area (TPSA) is 35.5 Å². The third-order valence-electron chi connectivity index (χ3n) is 3.61. The molecule has 2 N–H and O–H groups in total. The molecule has 1 aromatic carbocycles. The predicted molar refractivity (Wildman–Crippen MR) is 92.0 cm³/mol. The van der Waals surface area contributed by atoms with Gasteiger partial charge in [-0.15, -0.1) is 0 Å². The molecule has 120 valence electrons. The summed E-state index contributed by atoms with van der Waals surface area (Å²) in [6, 6.07) is 6.68. The van der Waals surface area contributed by atoms with Gasteiger partial charge in [-0.1, -0.05) is 17.7 Å². The van der Waals surface area contributed by atoms with E-state index in [1.165, 1.54) is 16.8 Å². The number of rotatable bonds is 8. The lowest BCUT2D eigenvalue weighted by atomic mass is 10.0. The Kier molecular flexibility index (Phi) is 7.20. The van der Waals surface area contributed by atoms with E-state index in [0.717, 1.165) is 32.4 Å². The molecule has 0 radical (unpaired) electrons. The van der Waals surface area contributed by atoms with E-state index in [-0.39, 0.29) is 5.54 Å². The Hall–Kier alpha value is -1.06. The Morgan fingerprint density at radius 2 is 1.86 bits per heavy atom. The predicted octanol–water partition coefficient (Wildman–Crippen LogP) is 3.48. The molecular formula is C18H32N2O. The van der Waals surface area contributed by atoms with E-state index < -0.39 is 0 Å². The van der Waals surface area contributed by atoms with E-state index in [4.69, 9.17) is 5.11 Å². The van der Waals surface area contributed by atoms with Gasteiger partial charge in [0, 0.05) is 38.0 Å². The lowest BCUT2D eigenvalue weighted by Crippen LogP contribution is -2.35. The third-order valence-corrected chi connectivity index (χ3v) is 3.61. The maximum absolute atomic E-state index is 8.85. The molecule has 21 heavy (non-hydrogen) atoms. The van der Waals surface area contributed by atoms with Crippen LogP contribution >= 0.6 is 0 Å². The van der Waals surface area contributed by atoms with Crippen LogP contribution in [0.2, 0.25) is 0 Å². The second-order valence-electron chi connectivity index (χ2n) is 6.94. The van der Waals surface area contributed by atoms with Crippen molar-refractivity contribution in [1.29, 1.82) is 0 Å². The summed E-state index contributed by atoms with van der Waals surface area (Å²) in [5.41, 5.74) is 4.09. The van der Waals surface area contributed by atoms with Crippen molar-refractivity contribution in [3.05, 3.63) is 29.3 Å². The molecular weight excluding hydrogens is 260 g/mol. The number of nitrogens with one attached hydrogen (secondary N) is 1. The average molecular weight is 292 g/mol. The van der Waals surface area contributed by atoms with Gasteiger partial charge in [-0.2, -0.15) is 0 Å². The van der Waals surface area contributed by atoms with E-state index in [0.29, 0.717) is 6.61 Å². The van der Waals surface area contributed by atoms with Gasteiger partial charge in [-0.25, -0.2) is 0 Å². The highest BCUT2D eigenvalue weighted by Crippen LogP contribution is 2.22. The van der Waals surface area contributed by atoms with Crippen molar-refractivity contribution in [1.82, 2.24) is 5.32 Å². The Morgan fingerprint density at radius 1 is 1.14 bits per heavy atom. The molecule has 0 saturated carbocycles. The SMILES string of the molecule is Cc1ccc(N(C)CCCCCO)c(CNC(C)(C)C)c1. The Labute approximate surface area is 130 Å². The zero-order chi connectivity index (χ0) is 15.9. The van der Waals surface area contributed by atoms with Gasteiger partial charge >= 0.3 is 0 Å². The van der Waals surface area contributed by atoms with Crippen LogP contribution in [0.25, 0.3) is 0 Å². The first-order chi connectivity index (χ1) is 9.83. The van der Waals surface area contributed by atoms with Crippen LogP contribution in [0.15, 0.2) is 18.2 Å². The molecule has 0 aromatic heterocycles. The number of aryl methyl sites for hydroxylation is 1. The molecule has 0 aliphatic heterocycles. The van der Waals surface area contributed by atoms with Gasteiger partial charge in [-0.3, -0.25) is 0 Å². The minimum atomic E-state index is 0.126. The van der Waals surface area contributed by atoms with Crippen molar-refractivity contribution < 1.29 is 5.11 Å². The molecule has 1 aromatic rings. The number of aliphatic hydroxyl groups excluding tert-OH is 1. The van der Waals surface area contributed by atoms with Crippen molar-refractivity contribution in [2.75, 3.05) is 25.1 Å². The lowest BCUT2D eigenvalue weighted by Gasteiger charge is -2.26. The summed E-state index contributed by atoms with van der Waals surface area (Å²) >= 11 is 0. The molecule has 0 saturated heterocycles. The molecule has 0 amide bonds. The van der Waals surface area contributed by atoms with Gasteiger partial charge in [0.2, 0.25) is 0 Å². The van der Waals surface area contributed by atoms with Gasteiger partial charge in [0.25, 0.3) is 0 Å². The summed E-state index contributed by atoms with van der Waals surface area (Å²) < 4.78 is 0. The fourth-order valence-electron chi connectivity index (χ4n) is 2.35. The second-order valence-corrected chi connectivity index (χ2v) is 6.94. The van der Waals surface area contributed by atoms with Crippen LogP contribution in [-0.4, -0.2) is 30.8 Å². The van der Waals surface area contributed by atoms with Crippen LogP contribution in [0.3, 0.4) is 0 Å². The van der Waals surface area contributed by atoms with Gasteiger partial charge < -0.3 is 15.3 Å². The smallest absolute Gasteiger partial charge is 0.0431 e. The maximum atomic E-state index is 8.85. The van der Waals surface area contributed by atoms with E-state index in [1.54, 1.807) is 0 Å². The van der Waals surface area contributed by atoms with Crippen LogP contribution < -0.4 is 10.2 Å². The number of hydrogen-bond donors (Lipinski definition) is 2. The highest BCUT2D eigenvalue weighted by atomic mass is 16.2.